The molecule has 51 heavy (non-hydrogen) atoms. The average molecular weight is 654 g/mol. The summed E-state index contributed by atoms with van der Waals surface area (Å²) in [5.74, 6) is 0. The van der Waals surface area contributed by atoms with E-state index in [0.29, 0.717) is 5.56 Å². The molecule has 240 valence electrons. The topological polar surface area (TPSA) is 3.24 Å². The normalized spacial score (nSPS) is 12.2. The Hall–Kier alpha value is -6.70. The van der Waals surface area contributed by atoms with Crippen molar-refractivity contribution in [3.8, 4) is 44.5 Å². The molecule has 9 aromatic rings. The van der Waals surface area contributed by atoms with Crippen LogP contribution >= 0.6 is 0 Å². The van der Waals surface area contributed by atoms with E-state index < -0.39 is 0 Å². The Labute approximate surface area is 305 Å². The number of benzene rings is 9. The van der Waals surface area contributed by atoms with Gasteiger partial charge in [-0.15, -0.1) is 0 Å². The zero-order valence-electron chi connectivity index (χ0n) is 31.8. The molecule has 0 heterocycles. The van der Waals surface area contributed by atoms with Gasteiger partial charge in [-0.2, -0.15) is 0 Å². The van der Waals surface area contributed by atoms with Crippen molar-refractivity contribution >= 4 is 38.6 Å². The molecule has 0 aliphatic carbocycles. The molecule has 0 spiro atoms. The van der Waals surface area contributed by atoms with Crippen molar-refractivity contribution in [2.45, 2.75) is 0 Å². The predicted molar refractivity (Wildman–Crippen MR) is 218 cm³/mol. The summed E-state index contributed by atoms with van der Waals surface area (Å²) in [4.78, 5) is 1.88. The van der Waals surface area contributed by atoms with Crippen LogP contribution in [-0.4, -0.2) is 0 Å². The third-order valence-electron chi connectivity index (χ3n) is 9.55. The van der Waals surface area contributed by atoms with E-state index in [1.165, 1.54) is 16.3 Å². The van der Waals surface area contributed by atoms with E-state index in [0.717, 1.165) is 50.0 Å². The Morgan fingerprint density at radius 3 is 1.55 bits per heavy atom. The Bertz CT molecular complexity index is 2810. The fourth-order valence-electron chi connectivity index (χ4n) is 6.96. The molecule has 0 bridgehead atoms. The molecule has 0 amide bonds. The molecule has 1 heteroatoms. The van der Waals surface area contributed by atoms with Crippen LogP contribution in [0.4, 0.5) is 17.1 Å². The third kappa shape index (κ3) is 5.96. The van der Waals surface area contributed by atoms with Gasteiger partial charge < -0.3 is 4.90 Å². The lowest BCUT2D eigenvalue weighted by molar-refractivity contribution is 1.30. The number of rotatable bonds is 7. The lowest BCUT2D eigenvalue weighted by atomic mass is 9.95. The van der Waals surface area contributed by atoms with Gasteiger partial charge in [0.2, 0.25) is 0 Å². The molecule has 0 radical (unpaired) electrons. The summed E-state index contributed by atoms with van der Waals surface area (Å²) in [7, 11) is 0. The summed E-state index contributed by atoms with van der Waals surface area (Å²) in [5, 5.41) is 4.36. The molecule has 1 nitrogen and oxygen atoms in total. The molecule has 0 unspecified atom stereocenters. The summed E-state index contributed by atoms with van der Waals surface area (Å²) in [6.45, 7) is 0. The first-order chi connectivity index (χ1) is 27.0. The maximum absolute atomic E-state index is 9.44. The van der Waals surface area contributed by atoms with Crippen molar-refractivity contribution in [3.05, 3.63) is 212 Å². The number of hydrogen-bond donors (Lipinski definition) is 0. The third-order valence-corrected chi connectivity index (χ3v) is 9.55. The SMILES string of the molecule is [2H]c1c([2H])c(N(c2ccc(-c3cccc(-c4cccc5ccccc45)c3)cc2)c2cccc3ccccc23)c([2H])c([2H])c1-c1ccc(-c2ccccc2)cc1. The average Bonchev–Trinajstić information content (AvgIpc) is 3.25. The van der Waals surface area contributed by atoms with E-state index in [4.69, 9.17) is 0 Å². The van der Waals surface area contributed by atoms with Gasteiger partial charge >= 0.3 is 0 Å². The minimum Gasteiger partial charge on any atom is -0.310 e. The van der Waals surface area contributed by atoms with Crippen molar-refractivity contribution in [2.24, 2.45) is 0 Å². The molecular formula is C50H35N. The second-order valence-corrected chi connectivity index (χ2v) is 12.7. The van der Waals surface area contributed by atoms with Crippen LogP contribution in [0.1, 0.15) is 5.48 Å². The molecule has 9 aromatic carbocycles. The Balaban J connectivity index is 1.15. The van der Waals surface area contributed by atoms with E-state index in [1.807, 2.05) is 114 Å². The van der Waals surface area contributed by atoms with Crippen molar-refractivity contribution < 1.29 is 5.48 Å². The lowest BCUT2D eigenvalue weighted by Gasteiger charge is -2.27. The number of nitrogens with zero attached hydrogens (tertiary/aromatic N) is 1. The Morgan fingerprint density at radius 2 is 0.804 bits per heavy atom. The zero-order valence-corrected chi connectivity index (χ0v) is 27.8. The highest BCUT2D eigenvalue weighted by molar-refractivity contribution is 6.00. The van der Waals surface area contributed by atoms with Crippen LogP contribution in [0.25, 0.3) is 66.1 Å². The molecule has 0 saturated carbocycles. The van der Waals surface area contributed by atoms with E-state index in [1.54, 1.807) is 0 Å². The van der Waals surface area contributed by atoms with E-state index in [-0.39, 0.29) is 35.4 Å². The fraction of sp³-hybridized carbons (Fsp3) is 0. The molecule has 0 aliphatic heterocycles. The number of fused-ring (bicyclic) bond motifs is 2. The summed E-state index contributed by atoms with van der Waals surface area (Å²) in [5.41, 5.74) is 9.09. The van der Waals surface area contributed by atoms with Crippen molar-refractivity contribution in [1.82, 2.24) is 0 Å². The smallest absolute Gasteiger partial charge is 0.0645 e. The number of hydrogen-bond acceptors (Lipinski definition) is 1. The maximum atomic E-state index is 9.44. The number of anilines is 3. The van der Waals surface area contributed by atoms with Gasteiger partial charge in [-0.05, 0) is 97.0 Å². The largest absolute Gasteiger partial charge is 0.310 e. The molecule has 9 rings (SSSR count). The first kappa shape index (κ1) is 26.2. The quantitative estimate of drug-likeness (QED) is 0.165. The van der Waals surface area contributed by atoms with Gasteiger partial charge in [0.1, 0.15) is 0 Å². The monoisotopic (exact) mass is 653 g/mol. The minimum atomic E-state index is -0.108. The van der Waals surface area contributed by atoms with Gasteiger partial charge in [-0.3, -0.25) is 0 Å². The zero-order chi connectivity index (χ0) is 37.5. The molecular weight excluding hydrogens is 615 g/mol. The highest BCUT2D eigenvalue weighted by atomic mass is 15.1. The molecule has 0 fully saturated rings. The maximum Gasteiger partial charge on any atom is 0.0645 e. The van der Waals surface area contributed by atoms with Crippen molar-refractivity contribution in [1.29, 1.82) is 0 Å². The highest BCUT2D eigenvalue weighted by Gasteiger charge is 2.16. The van der Waals surface area contributed by atoms with Gasteiger partial charge in [0.05, 0.1) is 11.2 Å². The standard InChI is InChI=1S/C50H35N/c1-2-11-36(12-3-1)37-23-25-38(26-24-37)39-27-31-45(32-28-39)51(50-22-10-16-42-14-5-7-20-49(42)50)46-33-29-40(30-34-46)43-17-8-18-44(35-43)48-21-9-15-41-13-4-6-19-47(41)48/h1-35H/i27D,28D,31D,32D. The first-order valence-electron chi connectivity index (χ1n) is 19.2. The van der Waals surface area contributed by atoms with Gasteiger partial charge in [0, 0.05) is 16.8 Å². The van der Waals surface area contributed by atoms with Crippen LogP contribution in [0.5, 0.6) is 0 Å². The van der Waals surface area contributed by atoms with Crippen LogP contribution in [-0.2, 0) is 0 Å². The molecule has 0 saturated heterocycles. The van der Waals surface area contributed by atoms with E-state index in [9.17, 15) is 5.48 Å². The first-order valence-corrected chi connectivity index (χ1v) is 17.2. The lowest BCUT2D eigenvalue weighted by Crippen LogP contribution is -2.10. The summed E-state index contributed by atoms with van der Waals surface area (Å²) in [6.07, 6.45) is 0. The summed E-state index contributed by atoms with van der Waals surface area (Å²) < 4.78 is 37.4. The fourth-order valence-corrected chi connectivity index (χ4v) is 6.96. The minimum absolute atomic E-state index is 0.0874. The Morgan fingerprint density at radius 1 is 0.314 bits per heavy atom. The van der Waals surface area contributed by atoms with E-state index in [2.05, 4.69) is 78.9 Å². The second kappa shape index (κ2) is 13.3. The van der Waals surface area contributed by atoms with Gasteiger partial charge in [0.15, 0.2) is 0 Å². The summed E-state index contributed by atoms with van der Waals surface area (Å²) >= 11 is 0. The van der Waals surface area contributed by atoms with Gasteiger partial charge in [-0.1, -0.05) is 176 Å². The van der Waals surface area contributed by atoms with Gasteiger partial charge in [0.25, 0.3) is 0 Å². The van der Waals surface area contributed by atoms with E-state index >= 15 is 0 Å². The van der Waals surface area contributed by atoms with Crippen LogP contribution in [0.3, 0.4) is 0 Å². The summed E-state index contributed by atoms with van der Waals surface area (Å²) in [6, 6.07) is 62.9. The molecule has 0 aromatic heterocycles. The van der Waals surface area contributed by atoms with Crippen LogP contribution in [0.2, 0.25) is 0 Å². The van der Waals surface area contributed by atoms with Crippen LogP contribution in [0, 0.1) is 0 Å². The van der Waals surface area contributed by atoms with Crippen molar-refractivity contribution in [2.75, 3.05) is 4.90 Å². The predicted octanol–water partition coefficient (Wildman–Crippen LogP) is 14.1. The second-order valence-electron chi connectivity index (χ2n) is 12.7. The van der Waals surface area contributed by atoms with Gasteiger partial charge in [-0.25, -0.2) is 0 Å². The molecule has 0 N–H and O–H groups in total. The molecule has 0 aliphatic rings. The molecule has 0 atom stereocenters. The van der Waals surface area contributed by atoms with Crippen molar-refractivity contribution in [3.63, 3.8) is 0 Å². The Kier molecular flexibility index (Phi) is 6.84. The van der Waals surface area contributed by atoms with Crippen LogP contribution in [0.15, 0.2) is 212 Å². The van der Waals surface area contributed by atoms with Crippen LogP contribution < -0.4 is 4.90 Å². The highest BCUT2D eigenvalue weighted by Crippen LogP contribution is 2.41.